The molecule has 2 heterocycles. The normalized spacial score (nSPS) is 15.7. The van der Waals surface area contributed by atoms with Crippen LogP contribution in [-0.2, 0) is 21.4 Å². The highest BCUT2D eigenvalue weighted by atomic mass is 32.2. The fourth-order valence-electron chi connectivity index (χ4n) is 4.39. The SMILES string of the molecule is Cc1cc(COc2ccc(S(=O)(=O)NC3(CC(=O)NO)CN(C(C)C)C3)cc2)c2ccccc2n1. The van der Waals surface area contributed by atoms with Crippen molar-refractivity contribution in [2.75, 3.05) is 13.1 Å². The first kappa shape index (κ1) is 25.1. The van der Waals surface area contributed by atoms with Gasteiger partial charge in [0.2, 0.25) is 15.9 Å². The third kappa shape index (κ3) is 5.62. The summed E-state index contributed by atoms with van der Waals surface area (Å²) in [6.45, 7) is 7.00. The summed E-state index contributed by atoms with van der Waals surface area (Å²) in [5.41, 5.74) is 3.40. The Labute approximate surface area is 205 Å². The van der Waals surface area contributed by atoms with Crippen molar-refractivity contribution in [3.8, 4) is 5.75 Å². The number of ether oxygens (including phenoxy) is 1. The van der Waals surface area contributed by atoms with Crippen molar-refractivity contribution in [1.29, 1.82) is 0 Å². The number of para-hydroxylation sites is 1. The zero-order chi connectivity index (χ0) is 25.2. The average Bonchev–Trinajstić information content (AvgIpc) is 2.80. The van der Waals surface area contributed by atoms with Gasteiger partial charge in [-0.2, -0.15) is 0 Å². The number of carbonyl (C=O) groups is 1. The number of fused-ring (bicyclic) bond motifs is 1. The van der Waals surface area contributed by atoms with E-state index in [-0.39, 0.29) is 17.4 Å². The lowest BCUT2D eigenvalue weighted by Crippen LogP contribution is -2.72. The highest BCUT2D eigenvalue weighted by Gasteiger charge is 2.48. The van der Waals surface area contributed by atoms with Crippen LogP contribution in [0.1, 0.15) is 31.5 Å². The second-order valence-corrected chi connectivity index (χ2v) is 11.0. The smallest absolute Gasteiger partial charge is 0.245 e. The summed E-state index contributed by atoms with van der Waals surface area (Å²) < 4.78 is 34.8. The molecule has 3 N–H and O–H groups in total. The van der Waals surface area contributed by atoms with Gasteiger partial charge in [0.1, 0.15) is 12.4 Å². The number of amides is 1. The summed E-state index contributed by atoms with van der Waals surface area (Å²) in [5, 5.41) is 9.95. The van der Waals surface area contributed by atoms with Crippen LogP contribution in [0.2, 0.25) is 0 Å². The number of nitrogens with one attached hydrogen (secondary N) is 2. The van der Waals surface area contributed by atoms with Crippen LogP contribution in [0.4, 0.5) is 0 Å². The monoisotopic (exact) mass is 498 g/mol. The third-order valence-corrected chi connectivity index (χ3v) is 7.77. The first-order valence-electron chi connectivity index (χ1n) is 11.4. The standard InChI is InChI=1S/C25H30N4O5S/c1-17(2)29-15-25(16-29,13-24(30)27-31)28-35(32,33)21-10-8-20(9-11-21)34-14-19-12-18(3)26-23-7-5-4-6-22(19)23/h4-12,17,28,31H,13-16H2,1-3H3,(H,27,30). The molecule has 9 nitrogen and oxygen atoms in total. The number of hydrogen-bond acceptors (Lipinski definition) is 7. The Balaban J connectivity index is 1.46. The molecule has 0 bridgehead atoms. The van der Waals surface area contributed by atoms with Gasteiger partial charge in [-0.25, -0.2) is 18.6 Å². The lowest BCUT2D eigenvalue weighted by atomic mass is 9.86. The van der Waals surface area contributed by atoms with Gasteiger partial charge >= 0.3 is 0 Å². The van der Waals surface area contributed by atoms with Crippen molar-refractivity contribution < 1.29 is 23.2 Å². The highest BCUT2D eigenvalue weighted by molar-refractivity contribution is 7.89. The highest BCUT2D eigenvalue weighted by Crippen LogP contribution is 2.29. The van der Waals surface area contributed by atoms with Crippen molar-refractivity contribution >= 4 is 26.8 Å². The van der Waals surface area contributed by atoms with Gasteiger partial charge in [0, 0.05) is 35.8 Å². The second kappa shape index (κ2) is 9.90. The van der Waals surface area contributed by atoms with Gasteiger partial charge in [-0.1, -0.05) is 18.2 Å². The molecule has 35 heavy (non-hydrogen) atoms. The molecule has 1 amide bonds. The van der Waals surface area contributed by atoms with E-state index in [0.29, 0.717) is 25.4 Å². The summed E-state index contributed by atoms with van der Waals surface area (Å²) in [4.78, 5) is 18.5. The Morgan fingerprint density at radius 1 is 1.17 bits per heavy atom. The van der Waals surface area contributed by atoms with Crippen LogP contribution >= 0.6 is 0 Å². The lowest BCUT2D eigenvalue weighted by molar-refractivity contribution is -0.132. The van der Waals surface area contributed by atoms with E-state index in [4.69, 9.17) is 9.94 Å². The molecular weight excluding hydrogens is 468 g/mol. The van der Waals surface area contributed by atoms with E-state index in [1.165, 1.54) is 12.1 Å². The largest absolute Gasteiger partial charge is 0.489 e. The molecule has 2 aromatic carbocycles. The van der Waals surface area contributed by atoms with Gasteiger partial charge in [0.05, 0.1) is 22.4 Å². The van der Waals surface area contributed by atoms with Crippen LogP contribution in [0.5, 0.6) is 5.75 Å². The van der Waals surface area contributed by atoms with E-state index >= 15 is 0 Å². The minimum absolute atomic E-state index is 0.0711. The fourth-order valence-corrected chi connectivity index (χ4v) is 5.77. The molecule has 0 atom stereocenters. The predicted octanol–water partition coefficient (Wildman–Crippen LogP) is 2.76. The number of carbonyl (C=O) groups excluding carboxylic acids is 1. The van der Waals surface area contributed by atoms with Crippen LogP contribution in [0.25, 0.3) is 10.9 Å². The first-order chi connectivity index (χ1) is 16.6. The Hall–Kier alpha value is -3.05. The molecule has 186 valence electrons. The van der Waals surface area contributed by atoms with Gasteiger partial charge in [0.15, 0.2) is 0 Å². The molecular formula is C25H30N4O5S. The number of aryl methyl sites for hydroxylation is 1. The molecule has 1 fully saturated rings. The Kier molecular flexibility index (Phi) is 7.09. The van der Waals surface area contributed by atoms with E-state index in [2.05, 4.69) is 14.6 Å². The quantitative estimate of drug-likeness (QED) is 0.306. The van der Waals surface area contributed by atoms with Crippen LogP contribution in [0, 0.1) is 6.92 Å². The lowest BCUT2D eigenvalue weighted by Gasteiger charge is -2.51. The molecule has 0 radical (unpaired) electrons. The van der Waals surface area contributed by atoms with Crippen molar-refractivity contribution in [2.24, 2.45) is 0 Å². The van der Waals surface area contributed by atoms with Crippen LogP contribution in [-0.4, -0.2) is 54.1 Å². The second-order valence-electron chi connectivity index (χ2n) is 9.30. The Bertz CT molecular complexity index is 1320. The van der Waals surface area contributed by atoms with E-state index in [9.17, 15) is 13.2 Å². The molecule has 0 saturated carbocycles. The molecule has 0 spiro atoms. The third-order valence-electron chi connectivity index (χ3n) is 6.17. The van der Waals surface area contributed by atoms with Gasteiger partial charge in [-0.05, 0) is 57.2 Å². The number of pyridine rings is 1. The van der Waals surface area contributed by atoms with Gasteiger partial charge in [0.25, 0.3) is 0 Å². The van der Waals surface area contributed by atoms with Gasteiger partial charge in [-0.15, -0.1) is 0 Å². The Morgan fingerprint density at radius 3 is 2.51 bits per heavy atom. The molecule has 1 aromatic heterocycles. The van der Waals surface area contributed by atoms with Gasteiger partial charge < -0.3 is 4.74 Å². The average molecular weight is 499 g/mol. The number of rotatable bonds is 9. The zero-order valence-corrected chi connectivity index (χ0v) is 20.8. The maximum atomic E-state index is 13.1. The summed E-state index contributed by atoms with van der Waals surface area (Å²) >= 11 is 0. The molecule has 1 aliphatic rings. The summed E-state index contributed by atoms with van der Waals surface area (Å²) in [7, 11) is -3.90. The van der Waals surface area contributed by atoms with E-state index < -0.39 is 21.5 Å². The number of hydroxylamine groups is 1. The fraction of sp³-hybridized carbons (Fsp3) is 0.360. The Morgan fingerprint density at radius 2 is 1.86 bits per heavy atom. The van der Waals surface area contributed by atoms with Crippen LogP contribution in [0.15, 0.2) is 59.5 Å². The maximum absolute atomic E-state index is 13.1. The molecule has 4 rings (SSSR count). The van der Waals surface area contributed by atoms with E-state index in [1.54, 1.807) is 17.6 Å². The van der Waals surface area contributed by atoms with Crippen LogP contribution in [0.3, 0.4) is 0 Å². The molecule has 10 heteroatoms. The molecule has 0 aliphatic carbocycles. The van der Waals surface area contributed by atoms with Crippen molar-refractivity contribution in [3.63, 3.8) is 0 Å². The van der Waals surface area contributed by atoms with E-state index in [1.807, 2.05) is 51.1 Å². The maximum Gasteiger partial charge on any atom is 0.245 e. The number of likely N-dealkylation sites (tertiary alicyclic amines) is 1. The minimum atomic E-state index is -3.90. The predicted molar refractivity (Wildman–Crippen MR) is 132 cm³/mol. The number of benzene rings is 2. The van der Waals surface area contributed by atoms with Crippen molar-refractivity contribution in [3.05, 3.63) is 65.9 Å². The molecule has 3 aromatic rings. The molecule has 1 saturated heterocycles. The molecule has 0 unspecified atom stereocenters. The minimum Gasteiger partial charge on any atom is -0.489 e. The number of hydrogen-bond donors (Lipinski definition) is 3. The van der Waals surface area contributed by atoms with Crippen molar-refractivity contribution in [1.82, 2.24) is 20.1 Å². The number of aromatic nitrogens is 1. The van der Waals surface area contributed by atoms with E-state index in [0.717, 1.165) is 22.2 Å². The molecule has 1 aliphatic heterocycles. The summed E-state index contributed by atoms with van der Waals surface area (Å²) in [6, 6.07) is 16.2. The summed E-state index contributed by atoms with van der Waals surface area (Å²) in [6.07, 6.45) is -0.160. The number of sulfonamides is 1. The van der Waals surface area contributed by atoms with Crippen molar-refractivity contribution in [2.45, 2.75) is 50.3 Å². The summed E-state index contributed by atoms with van der Waals surface area (Å²) in [5.74, 6) is -0.106. The van der Waals surface area contributed by atoms with Gasteiger partial charge in [-0.3, -0.25) is 19.9 Å². The zero-order valence-electron chi connectivity index (χ0n) is 20.0. The topological polar surface area (TPSA) is 121 Å². The first-order valence-corrected chi connectivity index (χ1v) is 12.9. The van der Waals surface area contributed by atoms with Crippen LogP contribution < -0.4 is 14.9 Å². The number of nitrogens with zero attached hydrogens (tertiary/aromatic N) is 2.